The number of amides is 1. The second-order valence-electron chi connectivity index (χ2n) is 3.92. The predicted octanol–water partition coefficient (Wildman–Crippen LogP) is 1.69. The monoisotopic (exact) mass is 222 g/mol. The second kappa shape index (κ2) is 7.04. The molecule has 1 aromatic rings. The highest BCUT2D eigenvalue weighted by atomic mass is 16.1. The lowest BCUT2D eigenvalue weighted by Crippen LogP contribution is -2.23. The van der Waals surface area contributed by atoms with Crippen molar-refractivity contribution in [2.45, 2.75) is 46.1 Å². The number of hydrogen-bond acceptors (Lipinski definition) is 2. The Labute approximate surface area is 97.1 Å². The van der Waals surface area contributed by atoms with Crippen molar-refractivity contribution in [2.24, 2.45) is 0 Å². The number of nitrogens with zero attached hydrogens (tertiary/aromatic N) is 2. The molecule has 89 valence electrons. The van der Waals surface area contributed by atoms with E-state index in [0.29, 0.717) is 6.42 Å². The van der Waals surface area contributed by atoms with Crippen LogP contribution in [0.2, 0.25) is 0 Å². The number of carbonyl (C=O) groups is 1. The summed E-state index contributed by atoms with van der Waals surface area (Å²) >= 11 is 0. The van der Waals surface area contributed by atoms with E-state index in [1.165, 1.54) is 0 Å². The normalized spacial score (nSPS) is 10.4. The zero-order valence-corrected chi connectivity index (χ0v) is 10.1. The molecule has 0 aromatic carbocycles. The zero-order valence-electron chi connectivity index (χ0n) is 10.1. The average Bonchev–Trinajstić information content (AvgIpc) is 2.67. The minimum Gasteiger partial charge on any atom is -0.356 e. The first-order chi connectivity index (χ1) is 7.74. The van der Waals surface area contributed by atoms with Crippen LogP contribution >= 0.6 is 0 Å². The molecule has 1 aromatic heterocycles. The fourth-order valence-corrected chi connectivity index (χ4v) is 1.50. The Bertz CT molecular complexity index is 320. The molecule has 1 heterocycles. The van der Waals surface area contributed by atoms with Gasteiger partial charge in [0.25, 0.3) is 0 Å². The van der Waals surface area contributed by atoms with Gasteiger partial charge in [0.15, 0.2) is 0 Å². The van der Waals surface area contributed by atoms with Gasteiger partial charge < -0.3 is 9.88 Å². The van der Waals surface area contributed by atoms with E-state index in [0.717, 1.165) is 38.2 Å². The molecular weight excluding hydrogens is 202 g/mol. The van der Waals surface area contributed by atoms with Gasteiger partial charge in [-0.15, -0.1) is 0 Å². The molecule has 0 atom stereocenters. The van der Waals surface area contributed by atoms with Gasteiger partial charge in [0.1, 0.15) is 12.0 Å². The Kier molecular flexibility index (Phi) is 5.61. The topological polar surface area (TPSA) is 46.9 Å². The molecule has 0 fully saturated rings. The van der Waals surface area contributed by atoms with Gasteiger partial charge in [0.2, 0.25) is 5.91 Å². The van der Waals surface area contributed by atoms with Gasteiger partial charge in [-0.3, -0.25) is 4.79 Å². The summed E-state index contributed by atoms with van der Waals surface area (Å²) in [4.78, 5) is 15.3. The number of aryl methyl sites for hydroxylation is 2. The third-order valence-corrected chi connectivity index (χ3v) is 2.48. The molecule has 1 radical (unpaired) electrons. The summed E-state index contributed by atoms with van der Waals surface area (Å²) in [5.41, 5.74) is 0. The molecular formula is C12H20N3O. The highest BCUT2D eigenvalue weighted by Crippen LogP contribution is 2.01. The lowest BCUT2D eigenvalue weighted by atomic mass is 10.2. The van der Waals surface area contributed by atoms with Crippen molar-refractivity contribution in [1.82, 2.24) is 14.9 Å². The van der Waals surface area contributed by atoms with Crippen LogP contribution in [0.1, 0.15) is 38.4 Å². The van der Waals surface area contributed by atoms with Gasteiger partial charge in [-0.1, -0.05) is 6.92 Å². The molecule has 0 unspecified atom stereocenters. The van der Waals surface area contributed by atoms with Crippen molar-refractivity contribution < 1.29 is 4.79 Å². The predicted molar refractivity (Wildman–Crippen MR) is 63.0 cm³/mol. The molecule has 0 saturated carbocycles. The number of unbranched alkanes of at least 4 members (excludes halogenated alkanes) is 1. The third kappa shape index (κ3) is 4.47. The SMILES string of the molecule is CCCNC(=O)CCCCn1c[c]nc1C. The van der Waals surface area contributed by atoms with Crippen LogP contribution in [0.15, 0.2) is 6.20 Å². The van der Waals surface area contributed by atoms with Gasteiger partial charge in [0.05, 0.1) is 0 Å². The molecule has 1 N–H and O–H groups in total. The van der Waals surface area contributed by atoms with Crippen LogP contribution in [0.4, 0.5) is 0 Å². The van der Waals surface area contributed by atoms with Gasteiger partial charge in [0, 0.05) is 25.7 Å². The minimum atomic E-state index is 0.163. The Morgan fingerprint density at radius 1 is 1.56 bits per heavy atom. The summed E-state index contributed by atoms with van der Waals surface area (Å²) in [7, 11) is 0. The van der Waals surface area contributed by atoms with Gasteiger partial charge in [-0.25, -0.2) is 4.98 Å². The number of aromatic nitrogens is 2. The Balaban J connectivity index is 2.08. The van der Waals surface area contributed by atoms with E-state index in [9.17, 15) is 4.79 Å². The number of rotatable bonds is 7. The second-order valence-corrected chi connectivity index (χ2v) is 3.92. The minimum absolute atomic E-state index is 0.163. The molecule has 0 bridgehead atoms. The first-order valence-electron chi connectivity index (χ1n) is 5.90. The van der Waals surface area contributed by atoms with Crippen molar-refractivity contribution in [1.29, 1.82) is 0 Å². The van der Waals surface area contributed by atoms with E-state index in [2.05, 4.69) is 28.0 Å². The summed E-state index contributed by atoms with van der Waals surface area (Å²) in [5.74, 6) is 1.14. The fraction of sp³-hybridized carbons (Fsp3) is 0.667. The van der Waals surface area contributed by atoms with Crippen molar-refractivity contribution in [3.8, 4) is 0 Å². The smallest absolute Gasteiger partial charge is 0.219 e. The van der Waals surface area contributed by atoms with E-state index < -0.39 is 0 Å². The van der Waals surface area contributed by atoms with E-state index in [1.54, 1.807) is 0 Å². The average molecular weight is 222 g/mol. The van der Waals surface area contributed by atoms with Crippen molar-refractivity contribution in [2.75, 3.05) is 6.54 Å². The lowest BCUT2D eigenvalue weighted by Gasteiger charge is -2.05. The van der Waals surface area contributed by atoms with E-state index in [4.69, 9.17) is 0 Å². The van der Waals surface area contributed by atoms with E-state index in [-0.39, 0.29) is 5.91 Å². The third-order valence-electron chi connectivity index (χ3n) is 2.48. The Morgan fingerprint density at radius 3 is 3.00 bits per heavy atom. The standard InChI is InChI=1S/C12H20N3O/c1-3-7-14-12(16)6-4-5-9-15-10-8-13-11(15)2/h10H,3-7,9H2,1-2H3,(H,14,16). The zero-order chi connectivity index (χ0) is 11.8. The van der Waals surface area contributed by atoms with Gasteiger partial charge in [-0.05, 0) is 26.2 Å². The van der Waals surface area contributed by atoms with Gasteiger partial charge >= 0.3 is 0 Å². The summed E-state index contributed by atoms with van der Waals surface area (Å²) in [5, 5.41) is 2.87. The summed E-state index contributed by atoms with van der Waals surface area (Å²) in [6, 6.07) is 0. The largest absolute Gasteiger partial charge is 0.356 e. The summed E-state index contributed by atoms with van der Waals surface area (Å²) in [6.45, 7) is 5.72. The first kappa shape index (κ1) is 12.7. The summed E-state index contributed by atoms with van der Waals surface area (Å²) in [6.07, 6.45) is 8.21. The molecule has 0 aliphatic rings. The fourth-order valence-electron chi connectivity index (χ4n) is 1.50. The van der Waals surface area contributed by atoms with Crippen LogP contribution in [0.5, 0.6) is 0 Å². The van der Waals surface area contributed by atoms with E-state index in [1.807, 2.05) is 13.1 Å². The first-order valence-corrected chi connectivity index (χ1v) is 5.90. The number of imidazole rings is 1. The van der Waals surface area contributed by atoms with Crippen LogP contribution < -0.4 is 5.32 Å². The maximum atomic E-state index is 11.3. The molecule has 4 nitrogen and oxygen atoms in total. The Hall–Kier alpha value is -1.32. The highest BCUT2D eigenvalue weighted by Gasteiger charge is 2.00. The quantitative estimate of drug-likeness (QED) is 0.714. The molecule has 0 saturated heterocycles. The van der Waals surface area contributed by atoms with Crippen LogP contribution in [0.25, 0.3) is 0 Å². The van der Waals surface area contributed by atoms with Crippen molar-refractivity contribution >= 4 is 5.91 Å². The molecule has 1 rings (SSSR count). The molecule has 16 heavy (non-hydrogen) atoms. The Morgan fingerprint density at radius 2 is 2.38 bits per heavy atom. The van der Waals surface area contributed by atoms with Crippen LogP contribution in [0, 0.1) is 13.1 Å². The van der Waals surface area contributed by atoms with E-state index >= 15 is 0 Å². The van der Waals surface area contributed by atoms with Crippen LogP contribution in [0.3, 0.4) is 0 Å². The van der Waals surface area contributed by atoms with Crippen molar-refractivity contribution in [3.05, 3.63) is 18.2 Å². The number of hydrogen-bond donors (Lipinski definition) is 1. The maximum absolute atomic E-state index is 11.3. The molecule has 4 heteroatoms. The number of nitrogens with one attached hydrogen (secondary N) is 1. The van der Waals surface area contributed by atoms with Crippen LogP contribution in [-0.4, -0.2) is 22.0 Å². The molecule has 0 aliphatic heterocycles. The lowest BCUT2D eigenvalue weighted by molar-refractivity contribution is -0.121. The molecule has 0 spiro atoms. The highest BCUT2D eigenvalue weighted by molar-refractivity contribution is 5.75. The molecule has 1 amide bonds. The van der Waals surface area contributed by atoms with Gasteiger partial charge in [-0.2, -0.15) is 0 Å². The number of carbonyl (C=O) groups excluding carboxylic acids is 1. The summed E-state index contributed by atoms with van der Waals surface area (Å²) < 4.78 is 2.06. The molecule has 0 aliphatic carbocycles. The maximum Gasteiger partial charge on any atom is 0.219 e. The van der Waals surface area contributed by atoms with Crippen molar-refractivity contribution in [3.63, 3.8) is 0 Å². The van der Waals surface area contributed by atoms with Crippen LogP contribution in [-0.2, 0) is 11.3 Å².